The zero-order valence-electron chi connectivity index (χ0n) is 13.6. The van der Waals surface area contributed by atoms with Crippen molar-refractivity contribution in [3.8, 4) is 0 Å². The Morgan fingerprint density at radius 3 is 2.38 bits per heavy atom. The highest BCUT2D eigenvalue weighted by molar-refractivity contribution is 5.95. The SMILES string of the molecule is C[C@@H](NC(=O)c1ccco1)C(=O)N1CCN(c2ccccc2)CC1. The fraction of sp³-hybridized carbons (Fsp3) is 0.333. The van der Waals surface area contributed by atoms with Crippen LogP contribution in [0, 0.1) is 0 Å². The molecular weight excluding hydrogens is 306 g/mol. The largest absolute Gasteiger partial charge is 0.459 e. The molecule has 0 radical (unpaired) electrons. The molecule has 1 N–H and O–H groups in total. The van der Waals surface area contributed by atoms with E-state index in [-0.39, 0.29) is 17.6 Å². The summed E-state index contributed by atoms with van der Waals surface area (Å²) in [5.74, 6) is -0.227. The summed E-state index contributed by atoms with van der Waals surface area (Å²) < 4.78 is 5.04. The number of anilines is 1. The van der Waals surface area contributed by atoms with Crippen molar-refractivity contribution in [1.82, 2.24) is 10.2 Å². The Labute approximate surface area is 141 Å². The van der Waals surface area contributed by atoms with Gasteiger partial charge in [-0.3, -0.25) is 9.59 Å². The van der Waals surface area contributed by atoms with E-state index in [1.54, 1.807) is 24.0 Å². The normalized spacial score (nSPS) is 15.9. The van der Waals surface area contributed by atoms with Gasteiger partial charge >= 0.3 is 0 Å². The Kier molecular flexibility index (Phi) is 4.84. The molecular formula is C18H21N3O3. The van der Waals surface area contributed by atoms with E-state index in [0.29, 0.717) is 13.1 Å². The topological polar surface area (TPSA) is 65.8 Å². The Bertz CT molecular complexity index is 677. The van der Waals surface area contributed by atoms with Gasteiger partial charge in [0.05, 0.1) is 6.26 Å². The first-order chi connectivity index (χ1) is 11.6. The first-order valence-electron chi connectivity index (χ1n) is 8.08. The molecule has 2 aromatic rings. The van der Waals surface area contributed by atoms with Crippen LogP contribution < -0.4 is 10.2 Å². The molecule has 0 aliphatic carbocycles. The van der Waals surface area contributed by atoms with Crippen LogP contribution in [0.2, 0.25) is 0 Å². The molecule has 1 saturated heterocycles. The van der Waals surface area contributed by atoms with Crippen LogP contribution in [0.4, 0.5) is 5.69 Å². The highest BCUT2D eigenvalue weighted by Crippen LogP contribution is 2.16. The van der Waals surface area contributed by atoms with Gasteiger partial charge in [-0.2, -0.15) is 0 Å². The molecule has 0 bridgehead atoms. The van der Waals surface area contributed by atoms with Gasteiger partial charge in [-0.25, -0.2) is 0 Å². The Morgan fingerprint density at radius 1 is 1.04 bits per heavy atom. The Hall–Kier alpha value is -2.76. The fourth-order valence-electron chi connectivity index (χ4n) is 2.83. The number of carbonyl (C=O) groups is 2. The number of piperazine rings is 1. The molecule has 24 heavy (non-hydrogen) atoms. The van der Waals surface area contributed by atoms with Gasteiger partial charge in [0.25, 0.3) is 5.91 Å². The van der Waals surface area contributed by atoms with E-state index in [9.17, 15) is 9.59 Å². The van der Waals surface area contributed by atoms with Gasteiger partial charge in [-0.15, -0.1) is 0 Å². The van der Waals surface area contributed by atoms with E-state index in [1.807, 2.05) is 18.2 Å². The van der Waals surface area contributed by atoms with Crippen LogP contribution in [0.25, 0.3) is 0 Å². The van der Waals surface area contributed by atoms with E-state index in [0.717, 1.165) is 13.1 Å². The lowest BCUT2D eigenvalue weighted by molar-refractivity contribution is -0.133. The lowest BCUT2D eigenvalue weighted by Gasteiger charge is -2.37. The maximum atomic E-state index is 12.5. The molecule has 1 aliphatic heterocycles. The van der Waals surface area contributed by atoms with Crippen LogP contribution in [0.1, 0.15) is 17.5 Å². The van der Waals surface area contributed by atoms with E-state index in [1.165, 1.54) is 12.0 Å². The average molecular weight is 327 g/mol. The number of hydrogen-bond acceptors (Lipinski definition) is 4. The standard InChI is InChI=1S/C18H21N3O3/c1-14(19-17(22)16-8-5-13-24-16)18(23)21-11-9-20(10-12-21)15-6-3-2-4-7-15/h2-8,13-14H,9-12H2,1H3,(H,19,22)/t14-/m1/s1. The first-order valence-corrected chi connectivity index (χ1v) is 8.08. The van der Waals surface area contributed by atoms with E-state index in [4.69, 9.17) is 4.42 Å². The smallest absolute Gasteiger partial charge is 0.287 e. The molecule has 1 aliphatic rings. The molecule has 1 atom stereocenters. The maximum Gasteiger partial charge on any atom is 0.287 e. The van der Waals surface area contributed by atoms with Crippen molar-refractivity contribution in [2.45, 2.75) is 13.0 Å². The molecule has 6 nitrogen and oxygen atoms in total. The van der Waals surface area contributed by atoms with Crippen LogP contribution in [-0.4, -0.2) is 48.9 Å². The number of nitrogens with zero attached hydrogens (tertiary/aromatic N) is 2. The number of hydrogen-bond donors (Lipinski definition) is 1. The molecule has 0 spiro atoms. The highest BCUT2D eigenvalue weighted by Gasteiger charge is 2.26. The molecule has 1 aromatic heterocycles. The van der Waals surface area contributed by atoms with Crippen LogP contribution in [0.15, 0.2) is 53.1 Å². The molecule has 2 amide bonds. The van der Waals surface area contributed by atoms with Gasteiger partial charge in [-0.05, 0) is 31.2 Å². The zero-order valence-corrected chi connectivity index (χ0v) is 13.6. The van der Waals surface area contributed by atoms with Crippen molar-refractivity contribution in [2.75, 3.05) is 31.1 Å². The lowest BCUT2D eigenvalue weighted by atomic mass is 10.2. The van der Waals surface area contributed by atoms with Crippen LogP contribution in [-0.2, 0) is 4.79 Å². The van der Waals surface area contributed by atoms with Crippen molar-refractivity contribution in [3.05, 3.63) is 54.5 Å². The predicted molar refractivity (Wildman–Crippen MR) is 90.9 cm³/mol. The number of rotatable bonds is 4. The van der Waals surface area contributed by atoms with E-state index in [2.05, 4.69) is 22.3 Å². The van der Waals surface area contributed by atoms with Crippen molar-refractivity contribution < 1.29 is 14.0 Å². The van der Waals surface area contributed by atoms with E-state index < -0.39 is 6.04 Å². The predicted octanol–water partition coefficient (Wildman–Crippen LogP) is 1.75. The molecule has 1 fully saturated rings. The first kappa shape index (κ1) is 16.1. The van der Waals surface area contributed by atoms with Gasteiger partial charge in [0.2, 0.25) is 5.91 Å². The highest BCUT2D eigenvalue weighted by atomic mass is 16.3. The summed E-state index contributed by atoms with van der Waals surface area (Å²) in [6, 6.07) is 12.8. The minimum atomic E-state index is -0.578. The fourth-order valence-corrected chi connectivity index (χ4v) is 2.83. The quantitative estimate of drug-likeness (QED) is 0.929. The van der Waals surface area contributed by atoms with Crippen molar-refractivity contribution in [2.24, 2.45) is 0 Å². The molecule has 1 aromatic carbocycles. The number of nitrogens with one attached hydrogen (secondary N) is 1. The monoisotopic (exact) mass is 327 g/mol. The summed E-state index contributed by atoms with van der Waals surface area (Å²) in [5, 5.41) is 2.68. The second-order valence-electron chi connectivity index (χ2n) is 5.82. The average Bonchev–Trinajstić information content (AvgIpc) is 3.17. The lowest BCUT2D eigenvalue weighted by Crippen LogP contribution is -2.54. The van der Waals surface area contributed by atoms with Gasteiger partial charge in [0, 0.05) is 31.9 Å². The third-order valence-corrected chi connectivity index (χ3v) is 4.18. The minimum Gasteiger partial charge on any atom is -0.459 e. The van der Waals surface area contributed by atoms with Crippen molar-refractivity contribution in [1.29, 1.82) is 0 Å². The summed E-state index contributed by atoms with van der Waals surface area (Å²) in [4.78, 5) is 28.5. The molecule has 3 rings (SSSR count). The summed E-state index contributed by atoms with van der Waals surface area (Å²) in [5.41, 5.74) is 1.17. The van der Waals surface area contributed by atoms with Crippen molar-refractivity contribution in [3.63, 3.8) is 0 Å². The number of amides is 2. The molecule has 0 unspecified atom stereocenters. The van der Waals surface area contributed by atoms with E-state index >= 15 is 0 Å². The maximum absolute atomic E-state index is 12.5. The van der Waals surface area contributed by atoms with Crippen molar-refractivity contribution >= 4 is 17.5 Å². The molecule has 126 valence electrons. The molecule has 6 heteroatoms. The summed E-state index contributed by atoms with van der Waals surface area (Å²) in [6.45, 7) is 4.57. The summed E-state index contributed by atoms with van der Waals surface area (Å²) in [7, 11) is 0. The zero-order chi connectivity index (χ0) is 16.9. The second kappa shape index (κ2) is 7.21. The van der Waals surface area contributed by atoms with Gasteiger partial charge in [0.1, 0.15) is 6.04 Å². The summed E-state index contributed by atoms with van der Waals surface area (Å²) >= 11 is 0. The second-order valence-corrected chi connectivity index (χ2v) is 5.82. The van der Waals surface area contributed by atoms with Gasteiger partial charge in [-0.1, -0.05) is 18.2 Å². The number of para-hydroxylation sites is 1. The third-order valence-electron chi connectivity index (χ3n) is 4.18. The van der Waals surface area contributed by atoms with Crippen LogP contribution >= 0.6 is 0 Å². The van der Waals surface area contributed by atoms with Crippen LogP contribution in [0.3, 0.4) is 0 Å². The number of carbonyl (C=O) groups excluding carboxylic acids is 2. The summed E-state index contributed by atoms with van der Waals surface area (Å²) in [6.07, 6.45) is 1.43. The molecule has 0 saturated carbocycles. The Morgan fingerprint density at radius 2 is 1.75 bits per heavy atom. The number of furan rings is 1. The number of benzene rings is 1. The Balaban J connectivity index is 1.52. The third kappa shape index (κ3) is 3.59. The minimum absolute atomic E-state index is 0.0670. The van der Waals surface area contributed by atoms with Gasteiger partial charge in [0.15, 0.2) is 5.76 Å². The van der Waals surface area contributed by atoms with Gasteiger partial charge < -0.3 is 19.5 Å². The van der Waals surface area contributed by atoms with Crippen LogP contribution in [0.5, 0.6) is 0 Å². The molecule has 2 heterocycles.